The van der Waals surface area contributed by atoms with Crippen LogP contribution in [-0.4, -0.2) is 4.98 Å². The molecule has 7 aromatic rings. The summed E-state index contributed by atoms with van der Waals surface area (Å²) in [5.41, 5.74) is 12.8. The van der Waals surface area contributed by atoms with E-state index in [9.17, 15) is 0 Å². The van der Waals surface area contributed by atoms with Gasteiger partial charge in [0, 0.05) is 22.6 Å². The highest BCUT2D eigenvalue weighted by Crippen LogP contribution is 2.49. The summed E-state index contributed by atoms with van der Waals surface area (Å²) in [4.78, 5) is 5.43. The van der Waals surface area contributed by atoms with Crippen LogP contribution in [0.25, 0.3) is 60.1 Å². The fraction of sp³-hybridized carbons (Fsp3) is 0.188. The van der Waals surface area contributed by atoms with E-state index >= 15 is 0 Å². The van der Waals surface area contributed by atoms with E-state index in [1.54, 1.807) is 0 Å². The minimum absolute atomic E-state index is 0.105. The fourth-order valence-corrected chi connectivity index (χ4v) is 8.43. The van der Waals surface area contributed by atoms with Crippen molar-refractivity contribution in [2.75, 3.05) is 0 Å². The molecule has 0 fully saturated rings. The summed E-state index contributed by atoms with van der Waals surface area (Å²) < 4.78 is 0. The Morgan fingerprint density at radius 1 is 0.633 bits per heavy atom. The number of hydrogen-bond acceptors (Lipinski definition) is 1. The van der Waals surface area contributed by atoms with Crippen LogP contribution >= 0.6 is 0 Å². The van der Waals surface area contributed by atoms with Crippen molar-refractivity contribution in [2.24, 2.45) is 0 Å². The maximum absolute atomic E-state index is 5.43. The number of fused-ring (bicyclic) bond motifs is 9. The summed E-state index contributed by atoms with van der Waals surface area (Å²) in [5.74, 6) is 0.244. The molecule has 1 atom stereocenters. The fourth-order valence-electron chi connectivity index (χ4n) is 8.43. The monoisotopic (exact) mass is 631 g/mol. The van der Waals surface area contributed by atoms with Crippen molar-refractivity contribution in [1.82, 2.24) is 4.98 Å². The van der Waals surface area contributed by atoms with Gasteiger partial charge in [-0.3, -0.25) is 4.98 Å². The maximum Gasteiger partial charge on any atom is 0.0585 e. The molecular formula is C48H41N. The van der Waals surface area contributed by atoms with E-state index in [0.717, 1.165) is 18.5 Å². The van der Waals surface area contributed by atoms with Crippen molar-refractivity contribution < 1.29 is 0 Å². The molecule has 1 unspecified atom stereocenters. The van der Waals surface area contributed by atoms with E-state index in [1.807, 2.05) is 0 Å². The number of rotatable bonds is 6. The Morgan fingerprint density at radius 3 is 2.06 bits per heavy atom. The van der Waals surface area contributed by atoms with Gasteiger partial charge in [-0.05, 0) is 109 Å². The first kappa shape index (κ1) is 29.8. The number of unbranched alkanes of at least 4 members (excludes halogenated alkanes) is 1. The lowest BCUT2D eigenvalue weighted by Crippen LogP contribution is -2.18. The van der Waals surface area contributed by atoms with Gasteiger partial charge in [0.2, 0.25) is 0 Å². The van der Waals surface area contributed by atoms with Crippen LogP contribution in [0.5, 0.6) is 0 Å². The summed E-state index contributed by atoms with van der Waals surface area (Å²) >= 11 is 0. The second kappa shape index (κ2) is 11.7. The number of aromatic nitrogens is 1. The molecule has 1 nitrogen and oxygen atoms in total. The third-order valence-electron chi connectivity index (χ3n) is 11.1. The van der Waals surface area contributed by atoms with Crippen molar-refractivity contribution in [2.45, 2.75) is 57.8 Å². The molecule has 1 aromatic heterocycles. The zero-order chi connectivity index (χ0) is 33.1. The Kier molecular flexibility index (Phi) is 7.13. The summed E-state index contributed by atoms with van der Waals surface area (Å²) in [6.45, 7) is 6.97. The Morgan fingerprint density at radius 2 is 1.31 bits per heavy atom. The number of allylic oxidation sites excluding steroid dienone is 4. The smallest absolute Gasteiger partial charge is 0.0585 e. The second-order valence-corrected chi connectivity index (χ2v) is 14.5. The molecule has 9 rings (SSSR count). The number of hydrogen-bond donors (Lipinski definition) is 0. The first-order valence-electron chi connectivity index (χ1n) is 18.0. The Bertz CT molecular complexity index is 2460. The molecule has 6 aromatic carbocycles. The van der Waals surface area contributed by atoms with E-state index in [-0.39, 0.29) is 11.3 Å². The minimum atomic E-state index is -0.105. The Hall–Kier alpha value is -5.27. The van der Waals surface area contributed by atoms with Gasteiger partial charge < -0.3 is 0 Å². The number of pyridine rings is 1. The topological polar surface area (TPSA) is 12.9 Å². The molecule has 0 saturated heterocycles. The van der Waals surface area contributed by atoms with E-state index in [1.165, 1.54) is 95.4 Å². The van der Waals surface area contributed by atoms with E-state index in [2.05, 4.69) is 160 Å². The lowest BCUT2D eigenvalue weighted by molar-refractivity contribution is 0.627. The highest BCUT2D eigenvalue weighted by atomic mass is 14.8. The molecule has 49 heavy (non-hydrogen) atoms. The van der Waals surface area contributed by atoms with Crippen molar-refractivity contribution in [3.63, 3.8) is 0 Å². The van der Waals surface area contributed by atoms with Crippen molar-refractivity contribution >= 4 is 37.9 Å². The molecule has 0 spiro atoms. The number of benzene rings is 6. The third-order valence-corrected chi connectivity index (χ3v) is 11.1. The van der Waals surface area contributed by atoms with Gasteiger partial charge in [0.05, 0.1) is 5.69 Å². The Balaban J connectivity index is 1.06. The standard InChI is InChI=1S/C48H41N/c1-4-5-12-31-21-23-42-43-25-26-46(49-47(43)48(2,3)45(42)27-31)36-16-11-15-34(29-36)32-13-10-14-33(28-32)35-22-24-41-39-19-7-6-17-37(39)38-18-8-9-20-40(38)44(41)30-35/h6-11,13-15,17-30,36H,4-5,12,16H2,1-3H3. The van der Waals surface area contributed by atoms with Gasteiger partial charge in [0.15, 0.2) is 0 Å². The summed E-state index contributed by atoms with van der Waals surface area (Å²) in [6, 6.07) is 45.4. The zero-order valence-corrected chi connectivity index (χ0v) is 28.6. The van der Waals surface area contributed by atoms with Crippen LogP contribution in [0.2, 0.25) is 0 Å². The van der Waals surface area contributed by atoms with Crippen LogP contribution in [0.1, 0.15) is 74.0 Å². The van der Waals surface area contributed by atoms with Crippen LogP contribution in [0.4, 0.5) is 0 Å². The van der Waals surface area contributed by atoms with E-state index in [4.69, 9.17) is 4.98 Å². The van der Waals surface area contributed by atoms with Crippen molar-refractivity contribution in [3.8, 4) is 22.3 Å². The molecule has 0 N–H and O–H groups in total. The first-order chi connectivity index (χ1) is 24.0. The highest BCUT2D eigenvalue weighted by molar-refractivity contribution is 6.25. The van der Waals surface area contributed by atoms with Gasteiger partial charge >= 0.3 is 0 Å². The van der Waals surface area contributed by atoms with Gasteiger partial charge in [0.25, 0.3) is 0 Å². The van der Waals surface area contributed by atoms with Crippen LogP contribution in [0.3, 0.4) is 0 Å². The molecule has 0 aliphatic heterocycles. The van der Waals surface area contributed by atoms with E-state index < -0.39 is 0 Å². The number of aryl methyl sites for hydroxylation is 1. The molecule has 2 aliphatic carbocycles. The largest absolute Gasteiger partial charge is 0.256 e. The molecule has 0 radical (unpaired) electrons. The Labute approximate surface area is 289 Å². The predicted octanol–water partition coefficient (Wildman–Crippen LogP) is 13.0. The van der Waals surface area contributed by atoms with Crippen molar-refractivity contribution in [3.05, 3.63) is 168 Å². The maximum atomic E-state index is 5.43. The lowest BCUT2D eigenvalue weighted by atomic mass is 9.83. The van der Waals surface area contributed by atoms with Crippen LogP contribution in [-0.2, 0) is 11.8 Å². The minimum Gasteiger partial charge on any atom is -0.256 e. The van der Waals surface area contributed by atoms with Crippen LogP contribution in [0, 0.1) is 0 Å². The highest BCUT2D eigenvalue weighted by Gasteiger charge is 2.37. The molecule has 0 amide bonds. The van der Waals surface area contributed by atoms with Gasteiger partial charge in [-0.2, -0.15) is 0 Å². The lowest BCUT2D eigenvalue weighted by Gasteiger charge is -2.23. The SMILES string of the molecule is CCCCc1ccc2c(c1)C(C)(C)c1nc(C3C=C(c4cccc(-c5ccc6c7ccccc7c7ccccc7c6c5)c4)C=CC3)ccc1-2. The predicted molar refractivity (Wildman–Crippen MR) is 209 cm³/mol. The number of nitrogens with zero attached hydrogens (tertiary/aromatic N) is 1. The van der Waals surface area contributed by atoms with Crippen LogP contribution in [0.15, 0.2) is 140 Å². The molecule has 0 bridgehead atoms. The normalized spacial score (nSPS) is 16.2. The van der Waals surface area contributed by atoms with Crippen LogP contribution < -0.4 is 0 Å². The average Bonchev–Trinajstić information content (AvgIpc) is 3.38. The molecule has 1 heteroatoms. The summed E-state index contributed by atoms with van der Waals surface area (Å²) in [6.07, 6.45) is 11.6. The molecule has 2 aliphatic rings. The third kappa shape index (κ3) is 4.94. The summed E-state index contributed by atoms with van der Waals surface area (Å²) in [5, 5.41) is 7.85. The average molecular weight is 632 g/mol. The van der Waals surface area contributed by atoms with Gasteiger partial charge in [-0.25, -0.2) is 0 Å². The van der Waals surface area contributed by atoms with Gasteiger partial charge in [0.1, 0.15) is 0 Å². The molecular weight excluding hydrogens is 591 g/mol. The summed E-state index contributed by atoms with van der Waals surface area (Å²) in [7, 11) is 0. The van der Waals surface area contributed by atoms with Crippen molar-refractivity contribution in [1.29, 1.82) is 0 Å². The molecule has 238 valence electrons. The molecule has 1 heterocycles. The second-order valence-electron chi connectivity index (χ2n) is 14.5. The molecule has 0 saturated carbocycles. The van der Waals surface area contributed by atoms with E-state index in [0.29, 0.717) is 0 Å². The quantitative estimate of drug-likeness (QED) is 0.166. The zero-order valence-electron chi connectivity index (χ0n) is 28.6. The van der Waals surface area contributed by atoms with Gasteiger partial charge in [-0.15, -0.1) is 0 Å². The first-order valence-corrected chi connectivity index (χ1v) is 18.0. The van der Waals surface area contributed by atoms with Gasteiger partial charge in [-0.1, -0.05) is 149 Å².